The van der Waals surface area contributed by atoms with Crippen molar-refractivity contribution in [2.75, 3.05) is 0 Å². The molecule has 0 saturated carbocycles. The van der Waals surface area contributed by atoms with Crippen molar-refractivity contribution in [2.24, 2.45) is 0 Å². The van der Waals surface area contributed by atoms with Crippen LogP contribution in [0.5, 0.6) is 0 Å². The standard InChI is InChI=1S/C10H8N2O3S/c1-6(10(14)15)4-12-5-11-8-7(9(12)13)2-3-16-8/h2-3,5H,1,4H2,(H,14,15). The summed E-state index contributed by atoms with van der Waals surface area (Å²) in [5.74, 6) is -1.11. The Morgan fingerprint density at radius 1 is 1.62 bits per heavy atom. The van der Waals surface area contributed by atoms with Crippen molar-refractivity contribution in [1.29, 1.82) is 0 Å². The van der Waals surface area contributed by atoms with Gasteiger partial charge >= 0.3 is 5.97 Å². The predicted molar refractivity (Wildman–Crippen MR) is 60.7 cm³/mol. The van der Waals surface area contributed by atoms with Gasteiger partial charge < -0.3 is 5.11 Å². The summed E-state index contributed by atoms with van der Waals surface area (Å²) in [7, 11) is 0. The van der Waals surface area contributed by atoms with Gasteiger partial charge in [-0.05, 0) is 11.4 Å². The number of nitrogens with zero attached hydrogens (tertiary/aromatic N) is 2. The largest absolute Gasteiger partial charge is 0.478 e. The van der Waals surface area contributed by atoms with Gasteiger partial charge in [0.1, 0.15) is 4.83 Å². The minimum Gasteiger partial charge on any atom is -0.478 e. The Bertz CT molecular complexity index is 626. The summed E-state index contributed by atoms with van der Waals surface area (Å²) in [4.78, 5) is 27.2. The van der Waals surface area contributed by atoms with Gasteiger partial charge in [0, 0.05) is 5.57 Å². The first kappa shape index (κ1) is 10.6. The number of carboxylic acid groups (broad SMARTS) is 1. The number of carboxylic acids is 1. The van der Waals surface area contributed by atoms with Gasteiger partial charge in [0.15, 0.2) is 0 Å². The molecule has 0 aliphatic carbocycles. The molecule has 2 aromatic heterocycles. The van der Waals surface area contributed by atoms with E-state index >= 15 is 0 Å². The lowest BCUT2D eigenvalue weighted by Gasteiger charge is -2.04. The van der Waals surface area contributed by atoms with Gasteiger partial charge in [-0.1, -0.05) is 6.58 Å². The van der Waals surface area contributed by atoms with Crippen LogP contribution in [0.2, 0.25) is 0 Å². The van der Waals surface area contributed by atoms with Crippen LogP contribution in [0.15, 0.2) is 34.7 Å². The fraction of sp³-hybridized carbons (Fsp3) is 0.100. The summed E-state index contributed by atoms with van der Waals surface area (Å²) in [5.41, 5.74) is -0.285. The highest BCUT2D eigenvalue weighted by molar-refractivity contribution is 7.16. The minimum atomic E-state index is -1.11. The van der Waals surface area contributed by atoms with Gasteiger partial charge in [-0.15, -0.1) is 11.3 Å². The highest BCUT2D eigenvalue weighted by Crippen LogP contribution is 2.13. The number of hydrogen-bond acceptors (Lipinski definition) is 4. The van der Waals surface area contributed by atoms with E-state index in [9.17, 15) is 9.59 Å². The third-order valence-corrected chi connectivity index (χ3v) is 2.93. The van der Waals surface area contributed by atoms with E-state index in [1.54, 1.807) is 11.4 Å². The molecular weight excluding hydrogens is 228 g/mol. The second-order valence-corrected chi connectivity index (χ2v) is 4.12. The Morgan fingerprint density at radius 2 is 2.38 bits per heavy atom. The number of aliphatic carboxylic acids is 1. The van der Waals surface area contributed by atoms with E-state index in [1.165, 1.54) is 22.2 Å². The first-order valence-corrected chi connectivity index (χ1v) is 5.31. The number of carbonyl (C=O) groups is 1. The lowest BCUT2D eigenvalue weighted by atomic mass is 10.3. The smallest absolute Gasteiger partial charge is 0.332 e. The lowest BCUT2D eigenvalue weighted by molar-refractivity contribution is -0.132. The first-order valence-electron chi connectivity index (χ1n) is 4.43. The molecule has 0 saturated heterocycles. The molecule has 0 amide bonds. The van der Waals surface area contributed by atoms with Gasteiger partial charge in [0.25, 0.3) is 5.56 Å². The number of fused-ring (bicyclic) bond motifs is 1. The molecule has 0 spiro atoms. The van der Waals surface area contributed by atoms with Gasteiger partial charge in [0.05, 0.1) is 18.3 Å². The molecule has 0 fully saturated rings. The number of aromatic nitrogens is 2. The van der Waals surface area contributed by atoms with Crippen LogP contribution in [0.3, 0.4) is 0 Å². The van der Waals surface area contributed by atoms with Gasteiger partial charge in [-0.25, -0.2) is 9.78 Å². The van der Waals surface area contributed by atoms with E-state index in [1.807, 2.05) is 0 Å². The highest BCUT2D eigenvalue weighted by atomic mass is 32.1. The van der Waals surface area contributed by atoms with Crippen LogP contribution in [0.4, 0.5) is 0 Å². The van der Waals surface area contributed by atoms with Crippen LogP contribution in [-0.4, -0.2) is 20.6 Å². The maximum absolute atomic E-state index is 11.8. The quantitative estimate of drug-likeness (QED) is 0.810. The maximum atomic E-state index is 11.8. The van der Waals surface area contributed by atoms with Crippen LogP contribution in [0.25, 0.3) is 10.2 Å². The van der Waals surface area contributed by atoms with E-state index in [0.717, 1.165) is 0 Å². The first-order chi connectivity index (χ1) is 7.59. The molecule has 16 heavy (non-hydrogen) atoms. The van der Waals surface area contributed by atoms with Crippen molar-refractivity contribution in [3.63, 3.8) is 0 Å². The van der Waals surface area contributed by atoms with Gasteiger partial charge in [0.2, 0.25) is 0 Å². The monoisotopic (exact) mass is 236 g/mol. The van der Waals surface area contributed by atoms with E-state index in [0.29, 0.717) is 10.2 Å². The zero-order chi connectivity index (χ0) is 11.7. The Labute approximate surface area is 94.3 Å². The number of thiophene rings is 1. The van der Waals surface area contributed by atoms with Crippen LogP contribution >= 0.6 is 11.3 Å². The molecular formula is C10H8N2O3S. The second-order valence-electron chi connectivity index (χ2n) is 3.23. The van der Waals surface area contributed by atoms with E-state index < -0.39 is 5.97 Å². The fourth-order valence-electron chi connectivity index (χ4n) is 1.28. The van der Waals surface area contributed by atoms with Crippen molar-refractivity contribution in [1.82, 2.24) is 9.55 Å². The summed E-state index contributed by atoms with van der Waals surface area (Å²) < 4.78 is 1.24. The van der Waals surface area contributed by atoms with Gasteiger partial charge in [-0.3, -0.25) is 9.36 Å². The number of rotatable bonds is 3. The molecule has 6 heteroatoms. The molecule has 2 heterocycles. The zero-order valence-electron chi connectivity index (χ0n) is 8.21. The van der Waals surface area contributed by atoms with Crippen LogP contribution in [-0.2, 0) is 11.3 Å². The molecule has 0 aliphatic heterocycles. The molecule has 2 rings (SSSR count). The average molecular weight is 236 g/mol. The highest BCUT2D eigenvalue weighted by Gasteiger charge is 2.09. The topological polar surface area (TPSA) is 72.2 Å². The molecule has 0 unspecified atom stereocenters. The zero-order valence-corrected chi connectivity index (χ0v) is 9.03. The van der Waals surface area contributed by atoms with Crippen LogP contribution < -0.4 is 5.56 Å². The summed E-state index contributed by atoms with van der Waals surface area (Å²) in [5, 5.41) is 11.0. The Kier molecular flexibility index (Phi) is 2.57. The van der Waals surface area contributed by atoms with E-state index in [2.05, 4.69) is 11.6 Å². The van der Waals surface area contributed by atoms with Crippen molar-refractivity contribution >= 4 is 27.5 Å². The molecule has 2 aromatic rings. The van der Waals surface area contributed by atoms with Crippen LogP contribution in [0.1, 0.15) is 0 Å². The molecule has 1 N–H and O–H groups in total. The summed E-state index contributed by atoms with van der Waals surface area (Å²) in [6, 6.07) is 1.68. The molecule has 0 bridgehead atoms. The minimum absolute atomic E-state index is 0.0431. The molecule has 0 aromatic carbocycles. The molecule has 82 valence electrons. The lowest BCUT2D eigenvalue weighted by Crippen LogP contribution is -2.22. The third kappa shape index (κ3) is 1.74. The fourth-order valence-corrected chi connectivity index (χ4v) is 2.00. The summed E-state index contributed by atoms with van der Waals surface area (Å²) >= 11 is 1.37. The summed E-state index contributed by atoms with van der Waals surface area (Å²) in [6.45, 7) is 3.33. The van der Waals surface area contributed by atoms with E-state index in [-0.39, 0.29) is 17.7 Å². The molecule has 5 nitrogen and oxygen atoms in total. The van der Waals surface area contributed by atoms with Crippen molar-refractivity contribution in [3.8, 4) is 0 Å². The van der Waals surface area contributed by atoms with E-state index in [4.69, 9.17) is 5.11 Å². The normalized spacial score (nSPS) is 10.5. The molecule has 0 radical (unpaired) electrons. The van der Waals surface area contributed by atoms with Gasteiger partial charge in [-0.2, -0.15) is 0 Å². The SMILES string of the molecule is C=C(Cn1cnc2sccc2c1=O)C(=O)O. The Hall–Kier alpha value is -1.95. The van der Waals surface area contributed by atoms with Crippen LogP contribution in [0, 0.1) is 0 Å². The number of hydrogen-bond donors (Lipinski definition) is 1. The molecule has 0 atom stereocenters. The summed E-state index contributed by atoms with van der Waals surface area (Å²) in [6.07, 6.45) is 1.34. The Balaban J connectivity index is 2.46. The Morgan fingerprint density at radius 3 is 3.06 bits per heavy atom. The average Bonchev–Trinajstić information content (AvgIpc) is 2.70. The van der Waals surface area contributed by atoms with Crippen molar-refractivity contribution in [3.05, 3.63) is 40.3 Å². The second kappa shape index (κ2) is 3.90. The maximum Gasteiger partial charge on any atom is 0.332 e. The molecule has 0 aliphatic rings. The van der Waals surface area contributed by atoms with Crippen molar-refractivity contribution in [2.45, 2.75) is 6.54 Å². The van der Waals surface area contributed by atoms with Crippen molar-refractivity contribution < 1.29 is 9.90 Å². The predicted octanol–water partition coefficient (Wildman–Crippen LogP) is 1.10. The third-order valence-electron chi connectivity index (χ3n) is 2.11.